The monoisotopic (exact) mass is 336 g/mol. The molecular formula is C19H20N4O2. The van der Waals surface area contributed by atoms with Gasteiger partial charge in [0.25, 0.3) is 0 Å². The van der Waals surface area contributed by atoms with Crippen LogP contribution in [0.5, 0.6) is 0 Å². The molecule has 1 unspecified atom stereocenters. The molecule has 0 bridgehead atoms. The summed E-state index contributed by atoms with van der Waals surface area (Å²) in [5, 5.41) is 6.06. The Bertz CT molecular complexity index is 772. The van der Waals surface area contributed by atoms with E-state index in [0.717, 1.165) is 18.5 Å². The van der Waals surface area contributed by atoms with Gasteiger partial charge < -0.3 is 15.5 Å². The first-order valence-corrected chi connectivity index (χ1v) is 8.57. The van der Waals surface area contributed by atoms with Crippen LogP contribution in [0.3, 0.4) is 0 Å². The van der Waals surface area contributed by atoms with Crippen molar-refractivity contribution < 1.29 is 9.59 Å². The number of rotatable bonds is 5. The van der Waals surface area contributed by atoms with Crippen molar-refractivity contribution in [1.82, 2.24) is 9.88 Å². The quantitative estimate of drug-likeness (QED) is 0.880. The topological polar surface area (TPSA) is 74.3 Å². The first-order chi connectivity index (χ1) is 12.2. The zero-order valence-corrected chi connectivity index (χ0v) is 13.8. The van der Waals surface area contributed by atoms with Crippen LogP contribution < -0.4 is 10.6 Å². The van der Waals surface area contributed by atoms with Crippen molar-refractivity contribution in [2.24, 2.45) is 5.92 Å². The molecule has 0 spiro atoms. The molecule has 1 aromatic heterocycles. The Morgan fingerprint density at radius 1 is 1.08 bits per heavy atom. The Hall–Kier alpha value is -2.89. The van der Waals surface area contributed by atoms with Crippen LogP contribution in [0.1, 0.15) is 19.3 Å². The molecule has 128 valence electrons. The third kappa shape index (κ3) is 3.63. The van der Waals surface area contributed by atoms with Crippen LogP contribution >= 0.6 is 0 Å². The number of likely N-dealkylation sites (tertiary alicyclic amines) is 1. The molecule has 6 heteroatoms. The lowest BCUT2D eigenvalue weighted by atomic mass is 10.1. The van der Waals surface area contributed by atoms with Gasteiger partial charge in [0.2, 0.25) is 11.8 Å². The van der Waals surface area contributed by atoms with E-state index in [1.165, 1.54) is 0 Å². The molecule has 0 radical (unpaired) electrons. The molecule has 2 N–H and O–H groups in total. The van der Waals surface area contributed by atoms with E-state index >= 15 is 0 Å². The van der Waals surface area contributed by atoms with Gasteiger partial charge in [-0.05, 0) is 37.1 Å². The SMILES string of the molecule is O=C(Nc1ccc(Nc2ccccc2)nc1)C1CC(=O)N(C2CC2)C1. The molecule has 1 aliphatic carbocycles. The number of pyridine rings is 1. The summed E-state index contributed by atoms with van der Waals surface area (Å²) in [4.78, 5) is 30.5. The standard InChI is InChI=1S/C19H20N4O2/c24-18-10-13(12-23(18)16-7-8-16)19(25)22-15-6-9-17(20-11-15)21-14-4-2-1-3-5-14/h1-6,9,11,13,16H,7-8,10,12H2,(H,20,21)(H,22,25). The molecule has 1 saturated carbocycles. The predicted octanol–water partition coefficient (Wildman–Crippen LogP) is 2.77. The van der Waals surface area contributed by atoms with Gasteiger partial charge in [0, 0.05) is 24.7 Å². The number of hydrogen-bond acceptors (Lipinski definition) is 4. The Labute approximate surface area is 146 Å². The number of carbonyl (C=O) groups is 2. The Kier molecular flexibility index (Phi) is 4.09. The fourth-order valence-electron chi connectivity index (χ4n) is 3.10. The highest BCUT2D eigenvalue weighted by Gasteiger charge is 2.41. The number of benzene rings is 1. The Morgan fingerprint density at radius 3 is 2.56 bits per heavy atom. The average Bonchev–Trinajstić information content (AvgIpc) is 3.39. The van der Waals surface area contributed by atoms with Crippen LogP contribution in [0.15, 0.2) is 48.7 Å². The van der Waals surface area contributed by atoms with Crippen molar-refractivity contribution in [2.75, 3.05) is 17.2 Å². The normalized spacial score (nSPS) is 19.8. The molecule has 2 amide bonds. The van der Waals surface area contributed by atoms with E-state index in [4.69, 9.17) is 0 Å². The molecule has 25 heavy (non-hydrogen) atoms. The third-order valence-electron chi connectivity index (χ3n) is 4.59. The first-order valence-electron chi connectivity index (χ1n) is 8.57. The summed E-state index contributed by atoms with van der Waals surface area (Å²) in [7, 11) is 0. The van der Waals surface area contributed by atoms with Crippen LogP contribution in [0, 0.1) is 5.92 Å². The van der Waals surface area contributed by atoms with E-state index in [2.05, 4.69) is 15.6 Å². The van der Waals surface area contributed by atoms with Crippen molar-refractivity contribution in [1.29, 1.82) is 0 Å². The van der Waals surface area contributed by atoms with Crippen molar-refractivity contribution in [3.8, 4) is 0 Å². The molecule has 2 aliphatic rings. The largest absolute Gasteiger partial charge is 0.340 e. The van der Waals surface area contributed by atoms with E-state index in [1.54, 1.807) is 6.20 Å². The summed E-state index contributed by atoms with van der Waals surface area (Å²) in [5.41, 5.74) is 1.59. The van der Waals surface area contributed by atoms with Crippen molar-refractivity contribution in [3.05, 3.63) is 48.7 Å². The number of amides is 2. The van der Waals surface area contributed by atoms with Gasteiger partial charge in [-0.15, -0.1) is 0 Å². The maximum atomic E-state index is 12.4. The maximum Gasteiger partial charge on any atom is 0.229 e. The third-order valence-corrected chi connectivity index (χ3v) is 4.59. The molecule has 2 heterocycles. The molecule has 6 nitrogen and oxygen atoms in total. The van der Waals surface area contributed by atoms with E-state index in [1.807, 2.05) is 47.4 Å². The number of anilines is 3. The number of para-hydroxylation sites is 1. The van der Waals surface area contributed by atoms with Gasteiger partial charge in [-0.1, -0.05) is 18.2 Å². The summed E-state index contributed by atoms with van der Waals surface area (Å²) >= 11 is 0. The lowest BCUT2D eigenvalue weighted by Crippen LogP contribution is -2.29. The summed E-state index contributed by atoms with van der Waals surface area (Å²) in [5.74, 6) is 0.431. The number of aromatic nitrogens is 1. The summed E-state index contributed by atoms with van der Waals surface area (Å²) in [6, 6.07) is 13.8. The van der Waals surface area contributed by atoms with Crippen LogP contribution in [-0.2, 0) is 9.59 Å². The maximum absolute atomic E-state index is 12.4. The minimum Gasteiger partial charge on any atom is -0.340 e. The van der Waals surface area contributed by atoms with Crippen molar-refractivity contribution >= 4 is 29.0 Å². The number of nitrogens with zero attached hydrogens (tertiary/aromatic N) is 2. The zero-order valence-electron chi connectivity index (χ0n) is 13.8. The van der Waals surface area contributed by atoms with Gasteiger partial charge in [-0.3, -0.25) is 9.59 Å². The number of nitrogens with one attached hydrogen (secondary N) is 2. The summed E-state index contributed by atoms with van der Waals surface area (Å²) in [6.45, 7) is 0.538. The van der Waals surface area contributed by atoms with Crippen molar-refractivity contribution in [3.63, 3.8) is 0 Å². The highest BCUT2D eigenvalue weighted by Crippen LogP contribution is 2.33. The molecule has 1 atom stereocenters. The zero-order chi connectivity index (χ0) is 17.2. The van der Waals surface area contributed by atoms with Gasteiger partial charge >= 0.3 is 0 Å². The molecule has 2 aromatic rings. The van der Waals surface area contributed by atoms with Gasteiger partial charge in [0.1, 0.15) is 5.82 Å². The fraction of sp³-hybridized carbons (Fsp3) is 0.316. The second-order valence-corrected chi connectivity index (χ2v) is 6.59. The van der Waals surface area contributed by atoms with Gasteiger partial charge in [-0.25, -0.2) is 4.98 Å². The summed E-state index contributed by atoms with van der Waals surface area (Å²) < 4.78 is 0. The van der Waals surface area contributed by atoms with E-state index in [0.29, 0.717) is 30.5 Å². The second kappa shape index (κ2) is 6.55. The molecule has 1 saturated heterocycles. The summed E-state index contributed by atoms with van der Waals surface area (Å²) in [6.07, 6.45) is 4.07. The minimum absolute atomic E-state index is 0.100. The Morgan fingerprint density at radius 2 is 1.88 bits per heavy atom. The van der Waals surface area contributed by atoms with Gasteiger partial charge in [0.15, 0.2) is 0 Å². The highest BCUT2D eigenvalue weighted by atomic mass is 16.2. The van der Waals surface area contributed by atoms with Gasteiger partial charge in [0.05, 0.1) is 17.8 Å². The van der Waals surface area contributed by atoms with Crippen LogP contribution in [0.25, 0.3) is 0 Å². The van der Waals surface area contributed by atoms with Crippen LogP contribution in [-0.4, -0.2) is 34.3 Å². The Balaban J connectivity index is 1.34. The average molecular weight is 336 g/mol. The molecule has 2 fully saturated rings. The lowest BCUT2D eigenvalue weighted by molar-refractivity contribution is -0.128. The molecule has 1 aliphatic heterocycles. The number of hydrogen-bond donors (Lipinski definition) is 2. The molecule has 1 aromatic carbocycles. The minimum atomic E-state index is -0.268. The molecular weight excluding hydrogens is 316 g/mol. The van der Waals surface area contributed by atoms with Crippen LogP contribution in [0.4, 0.5) is 17.2 Å². The van der Waals surface area contributed by atoms with E-state index in [9.17, 15) is 9.59 Å². The van der Waals surface area contributed by atoms with E-state index in [-0.39, 0.29) is 17.7 Å². The highest BCUT2D eigenvalue weighted by molar-refractivity contribution is 5.97. The van der Waals surface area contributed by atoms with Gasteiger partial charge in [-0.2, -0.15) is 0 Å². The fourth-order valence-corrected chi connectivity index (χ4v) is 3.10. The van der Waals surface area contributed by atoms with Crippen LogP contribution in [0.2, 0.25) is 0 Å². The molecule has 4 rings (SSSR count). The number of carbonyl (C=O) groups excluding carboxylic acids is 2. The van der Waals surface area contributed by atoms with E-state index < -0.39 is 0 Å². The second-order valence-electron chi connectivity index (χ2n) is 6.59. The van der Waals surface area contributed by atoms with Crippen molar-refractivity contribution in [2.45, 2.75) is 25.3 Å². The predicted molar refractivity (Wildman–Crippen MR) is 95.4 cm³/mol. The lowest BCUT2D eigenvalue weighted by Gasteiger charge is -2.15. The smallest absolute Gasteiger partial charge is 0.229 e. The first kappa shape index (κ1) is 15.6.